The molecule has 25 heavy (non-hydrogen) atoms. The summed E-state index contributed by atoms with van der Waals surface area (Å²) in [5.41, 5.74) is 0.402. The van der Waals surface area contributed by atoms with Gasteiger partial charge in [-0.25, -0.2) is 9.78 Å². The van der Waals surface area contributed by atoms with Crippen LogP contribution in [0.3, 0.4) is 0 Å². The Bertz CT molecular complexity index is 810. The van der Waals surface area contributed by atoms with Crippen molar-refractivity contribution in [2.75, 3.05) is 46.6 Å². The Balaban J connectivity index is 1.85. The van der Waals surface area contributed by atoms with Crippen LogP contribution < -0.4 is 10.5 Å². The molecular formula is C16H22N3O5S+. The summed E-state index contributed by atoms with van der Waals surface area (Å²) in [6.45, 7) is 6.12. The fourth-order valence-corrected chi connectivity index (χ4v) is 3.92. The molecule has 0 bridgehead atoms. The Morgan fingerprint density at radius 2 is 2.12 bits per heavy atom. The van der Waals surface area contributed by atoms with Crippen molar-refractivity contribution in [1.82, 2.24) is 9.97 Å². The van der Waals surface area contributed by atoms with Gasteiger partial charge in [0.15, 0.2) is 5.82 Å². The van der Waals surface area contributed by atoms with Crippen molar-refractivity contribution >= 4 is 27.5 Å². The second-order valence-electron chi connectivity index (χ2n) is 5.92. The average molecular weight is 368 g/mol. The molecule has 8 nitrogen and oxygen atoms in total. The maximum absolute atomic E-state index is 12.5. The van der Waals surface area contributed by atoms with E-state index in [1.165, 1.54) is 16.2 Å². The number of aryl methyl sites for hydroxylation is 1. The molecule has 136 valence electrons. The third-order valence-corrected chi connectivity index (χ3v) is 5.34. The molecule has 9 heteroatoms. The van der Waals surface area contributed by atoms with Crippen LogP contribution in [0.15, 0.2) is 4.79 Å². The Kier molecular flexibility index (Phi) is 5.79. The van der Waals surface area contributed by atoms with Crippen LogP contribution in [0.2, 0.25) is 0 Å². The van der Waals surface area contributed by atoms with Gasteiger partial charge in [-0.3, -0.25) is 4.79 Å². The number of fused-ring (bicyclic) bond motifs is 1. The lowest BCUT2D eigenvalue weighted by Crippen LogP contribution is -3.12. The van der Waals surface area contributed by atoms with E-state index in [0.717, 1.165) is 26.3 Å². The van der Waals surface area contributed by atoms with Gasteiger partial charge in [0.1, 0.15) is 35.9 Å². The Morgan fingerprint density at radius 1 is 1.36 bits per heavy atom. The van der Waals surface area contributed by atoms with Crippen LogP contribution in [-0.2, 0) is 20.8 Å². The van der Waals surface area contributed by atoms with Crippen LogP contribution in [0.5, 0.6) is 0 Å². The van der Waals surface area contributed by atoms with Gasteiger partial charge in [0.05, 0.1) is 25.2 Å². The van der Waals surface area contributed by atoms with Crippen LogP contribution in [-0.4, -0.2) is 62.6 Å². The van der Waals surface area contributed by atoms with Crippen molar-refractivity contribution < 1.29 is 23.9 Å². The van der Waals surface area contributed by atoms with Gasteiger partial charge >= 0.3 is 5.97 Å². The van der Waals surface area contributed by atoms with E-state index in [-0.39, 0.29) is 12.2 Å². The molecular weight excluding hydrogens is 346 g/mol. The van der Waals surface area contributed by atoms with Crippen molar-refractivity contribution in [2.45, 2.75) is 13.5 Å². The molecule has 2 aromatic rings. The summed E-state index contributed by atoms with van der Waals surface area (Å²) >= 11 is 1.20. The molecule has 0 radical (unpaired) electrons. The highest BCUT2D eigenvalue weighted by molar-refractivity contribution is 7.20. The quantitative estimate of drug-likeness (QED) is 0.528. The number of methoxy groups -OCH3 is 1. The van der Waals surface area contributed by atoms with E-state index in [9.17, 15) is 9.59 Å². The van der Waals surface area contributed by atoms with Gasteiger partial charge in [-0.2, -0.15) is 0 Å². The van der Waals surface area contributed by atoms with Crippen molar-refractivity contribution in [3.05, 3.63) is 26.6 Å². The first-order valence-electron chi connectivity index (χ1n) is 8.19. The predicted molar refractivity (Wildman–Crippen MR) is 92.4 cm³/mol. The minimum atomic E-state index is -0.447. The fourth-order valence-electron chi connectivity index (χ4n) is 2.82. The SMILES string of the molecule is COCCOC(=O)c1sc2nc(C[NH+]3CCOCC3)[nH]c(=O)c2c1C. The first-order chi connectivity index (χ1) is 12.1. The van der Waals surface area contributed by atoms with Gasteiger partial charge < -0.3 is 24.1 Å². The zero-order chi connectivity index (χ0) is 17.8. The number of quaternary nitrogens is 1. The maximum Gasteiger partial charge on any atom is 0.348 e. The molecule has 0 aromatic carbocycles. The lowest BCUT2D eigenvalue weighted by Gasteiger charge is -2.22. The molecule has 0 saturated carbocycles. The van der Waals surface area contributed by atoms with E-state index >= 15 is 0 Å². The molecule has 1 saturated heterocycles. The number of H-pyrrole nitrogens is 1. The number of thiophene rings is 1. The third-order valence-electron chi connectivity index (χ3n) is 4.17. The summed E-state index contributed by atoms with van der Waals surface area (Å²) in [4.78, 5) is 34.4. The number of nitrogens with one attached hydrogen (secondary N) is 2. The molecule has 0 atom stereocenters. The Morgan fingerprint density at radius 3 is 2.84 bits per heavy atom. The summed E-state index contributed by atoms with van der Waals surface area (Å²) < 4.78 is 15.4. The normalized spacial score (nSPS) is 15.6. The van der Waals surface area contributed by atoms with Gasteiger partial charge in [0.25, 0.3) is 5.56 Å². The Labute approximate surface area is 148 Å². The number of aromatic amines is 1. The molecule has 1 aliphatic heterocycles. The summed E-state index contributed by atoms with van der Waals surface area (Å²) in [7, 11) is 1.54. The zero-order valence-corrected chi connectivity index (χ0v) is 15.2. The molecule has 0 aliphatic carbocycles. The van der Waals surface area contributed by atoms with Crippen molar-refractivity contribution in [1.29, 1.82) is 0 Å². The van der Waals surface area contributed by atoms with E-state index in [1.807, 2.05) is 0 Å². The van der Waals surface area contributed by atoms with Gasteiger partial charge in [-0.1, -0.05) is 0 Å². The summed E-state index contributed by atoms with van der Waals surface area (Å²) in [5, 5.41) is 0.462. The van der Waals surface area contributed by atoms with Crippen molar-refractivity contribution in [3.63, 3.8) is 0 Å². The number of carbonyl (C=O) groups is 1. The second kappa shape index (κ2) is 8.05. The average Bonchev–Trinajstić information content (AvgIpc) is 2.93. The minimum Gasteiger partial charge on any atom is -0.459 e. The van der Waals surface area contributed by atoms with Crippen LogP contribution in [0.25, 0.3) is 10.2 Å². The molecule has 0 unspecified atom stereocenters. The number of ether oxygens (including phenoxy) is 3. The molecule has 2 aromatic heterocycles. The number of aromatic nitrogens is 2. The molecule has 2 N–H and O–H groups in total. The van der Waals surface area contributed by atoms with Crippen LogP contribution in [0.1, 0.15) is 21.1 Å². The maximum atomic E-state index is 12.5. The highest BCUT2D eigenvalue weighted by Crippen LogP contribution is 2.27. The second-order valence-corrected chi connectivity index (χ2v) is 6.92. The largest absolute Gasteiger partial charge is 0.459 e. The van der Waals surface area contributed by atoms with Gasteiger partial charge in [0, 0.05) is 7.11 Å². The number of carbonyl (C=O) groups excluding carboxylic acids is 1. The first kappa shape index (κ1) is 18.0. The van der Waals surface area contributed by atoms with Gasteiger partial charge in [-0.15, -0.1) is 11.3 Å². The van der Waals surface area contributed by atoms with E-state index < -0.39 is 5.97 Å². The van der Waals surface area contributed by atoms with Crippen LogP contribution in [0, 0.1) is 6.92 Å². The monoisotopic (exact) mass is 368 g/mol. The number of rotatable bonds is 6. The van der Waals surface area contributed by atoms with Crippen molar-refractivity contribution in [2.24, 2.45) is 0 Å². The number of esters is 1. The minimum absolute atomic E-state index is 0.179. The molecule has 1 fully saturated rings. The standard InChI is InChI=1S/C16H21N3O5S/c1-10-12-14(20)17-11(9-19-3-5-23-6-4-19)18-15(12)25-13(10)16(21)24-8-7-22-2/h3-9H2,1-2H3,(H,17,18,20)/p+1. The fraction of sp³-hybridized carbons (Fsp3) is 0.562. The van der Waals surface area contributed by atoms with E-state index in [2.05, 4.69) is 9.97 Å². The van der Waals surface area contributed by atoms with E-state index in [0.29, 0.717) is 39.6 Å². The topological polar surface area (TPSA) is 94.9 Å². The number of hydrogen-bond donors (Lipinski definition) is 2. The van der Waals surface area contributed by atoms with Gasteiger partial charge in [0.2, 0.25) is 0 Å². The molecule has 0 amide bonds. The van der Waals surface area contributed by atoms with Crippen LogP contribution in [0.4, 0.5) is 0 Å². The molecule has 3 rings (SSSR count). The van der Waals surface area contributed by atoms with Crippen LogP contribution >= 0.6 is 11.3 Å². The predicted octanol–water partition coefficient (Wildman–Crippen LogP) is -0.489. The molecule has 3 heterocycles. The lowest BCUT2D eigenvalue weighted by atomic mass is 10.2. The third kappa shape index (κ3) is 4.06. The number of morpholine rings is 1. The zero-order valence-electron chi connectivity index (χ0n) is 14.3. The molecule has 1 aliphatic rings. The summed E-state index contributed by atoms with van der Waals surface area (Å²) in [6.07, 6.45) is 0. The van der Waals surface area contributed by atoms with Gasteiger partial charge in [-0.05, 0) is 12.5 Å². The summed E-state index contributed by atoms with van der Waals surface area (Å²) in [5.74, 6) is 0.187. The number of hydrogen-bond acceptors (Lipinski definition) is 7. The lowest BCUT2D eigenvalue weighted by molar-refractivity contribution is -0.922. The van der Waals surface area contributed by atoms with Crippen molar-refractivity contribution in [3.8, 4) is 0 Å². The van der Waals surface area contributed by atoms with E-state index in [1.54, 1.807) is 14.0 Å². The van der Waals surface area contributed by atoms with E-state index in [4.69, 9.17) is 14.2 Å². The smallest absolute Gasteiger partial charge is 0.348 e. The number of nitrogens with zero attached hydrogens (tertiary/aromatic N) is 1. The summed E-state index contributed by atoms with van der Waals surface area (Å²) in [6, 6.07) is 0. The Hall–Kier alpha value is -1.81. The highest BCUT2D eigenvalue weighted by Gasteiger charge is 2.22. The highest BCUT2D eigenvalue weighted by atomic mass is 32.1. The first-order valence-corrected chi connectivity index (χ1v) is 9.01. The molecule has 0 spiro atoms.